The summed E-state index contributed by atoms with van der Waals surface area (Å²) in [5.41, 5.74) is 3.82. The first-order valence-corrected chi connectivity index (χ1v) is 5.85. The lowest BCUT2D eigenvalue weighted by atomic mass is 10.1. The molecule has 0 aliphatic rings. The Morgan fingerprint density at radius 2 is 2.00 bits per heavy atom. The molecule has 0 amide bonds. The zero-order valence-electron chi connectivity index (χ0n) is 10.1. The van der Waals surface area contributed by atoms with Gasteiger partial charge in [0, 0.05) is 31.3 Å². The highest BCUT2D eigenvalue weighted by Crippen LogP contribution is 2.04. The molecule has 0 fully saturated rings. The van der Waals surface area contributed by atoms with E-state index in [0.717, 1.165) is 19.5 Å². The van der Waals surface area contributed by atoms with Gasteiger partial charge in [0.05, 0.1) is 0 Å². The van der Waals surface area contributed by atoms with E-state index in [4.69, 9.17) is 0 Å². The fourth-order valence-electron chi connectivity index (χ4n) is 1.70. The van der Waals surface area contributed by atoms with E-state index in [9.17, 15) is 0 Å². The van der Waals surface area contributed by atoms with Gasteiger partial charge >= 0.3 is 0 Å². The largest absolute Gasteiger partial charge is 0.312 e. The van der Waals surface area contributed by atoms with Crippen LogP contribution in [0.4, 0.5) is 0 Å². The van der Waals surface area contributed by atoms with Crippen LogP contribution in [0.15, 0.2) is 43.0 Å². The van der Waals surface area contributed by atoms with E-state index in [1.165, 1.54) is 16.7 Å². The lowest BCUT2D eigenvalue weighted by Crippen LogP contribution is -2.17. The molecule has 0 aliphatic heterocycles. The second-order valence-electron chi connectivity index (χ2n) is 4.09. The highest BCUT2D eigenvalue weighted by atomic mass is 14.8. The Kier molecular flexibility index (Phi) is 4.22. The van der Waals surface area contributed by atoms with E-state index in [1.54, 1.807) is 6.20 Å². The fraction of sp³-hybridized carbons (Fsp3) is 0.286. The van der Waals surface area contributed by atoms with E-state index < -0.39 is 0 Å². The summed E-state index contributed by atoms with van der Waals surface area (Å²) in [6.45, 7) is 3.95. The van der Waals surface area contributed by atoms with Crippen molar-refractivity contribution in [2.45, 2.75) is 19.9 Å². The molecule has 0 spiro atoms. The molecule has 0 atom stereocenters. The van der Waals surface area contributed by atoms with Gasteiger partial charge in [0.2, 0.25) is 0 Å². The standard InChI is InChI=1S/C14H17N3/c1-12-9-16-8-5-14(12)11-17-7-4-13-3-2-6-15-10-13/h2-3,5-6,8-10,17H,4,7,11H2,1H3. The molecule has 0 aliphatic carbocycles. The van der Waals surface area contributed by atoms with Gasteiger partial charge < -0.3 is 5.32 Å². The molecule has 0 radical (unpaired) electrons. The highest BCUT2D eigenvalue weighted by molar-refractivity contribution is 5.21. The van der Waals surface area contributed by atoms with Crippen LogP contribution in [0.25, 0.3) is 0 Å². The smallest absolute Gasteiger partial charge is 0.0300 e. The Balaban J connectivity index is 1.76. The predicted octanol–water partition coefficient (Wildman–Crippen LogP) is 2.12. The van der Waals surface area contributed by atoms with E-state index in [2.05, 4.69) is 34.3 Å². The molecule has 2 rings (SSSR count). The van der Waals surface area contributed by atoms with Gasteiger partial charge in [-0.2, -0.15) is 0 Å². The zero-order valence-corrected chi connectivity index (χ0v) is 10.1. The number of rotatable bonds is 5. The van der Waals surface area contributed by atoms with Crippen molar-refractivity contribution in [1.82, 2.24) is 15.3 Å². The van der Waals surface area contributed by atoms with Crippen LogP contribution in [0.5, 0.6) is 0 Å². The molecule has 1 N–H and O–H groups in total. The second kappa shape index (κ2) is 6.11. The van der Waals surface area contributed by atoms with Crippen molar-refractivity contribution in [3.63, 3.8) is 0 Å². The number of nitrogens with one attached hydrogen (secondary N) is 1. The highest BCUT2D eigenvalue weighted by Gasteiger charge is 1.97. The van der Waals surface area contributed by atoms with Crippen LogP contribution in [0.2, 0.25) is 0 Å². The van der Waals surface area contributed by atoms with Gasteiger partial charge in [-0.3, -0.25) is 9.97 Å². The Bertz CT molecular complexity index is 454. The molecule has 2 heterocycles. The van der Waals surface area contributed by atoms with Gasteiger partial charge in [-0.05, 0) is 48.7 Å². The molecule has 2 aromatic heterocycles. The van der Waals surface area contributed by atoms with E-state index in [-0.39, 0.29) is 0 Å². The van der Waals surface area contributed by atoms with Crippen LogP contribution in [-0.2, 0) is 13.0 Å². The minimum absolute atomic E-state index is 0.897. The molecule has 0 aromatic carbocycles. The number of aryl methyl sites for hydroxylation is 1. The van der Waals surface area contributed by atoms with Crippen LogP contribution in [0.3, 0.4) is 0 Å². The normalized spacial score (nSPS) is 10.4. The minimum Gasteiger partial charge on any atom is -0.312 e. The first kappa shape index (κ1) is 11.7. The summed E-state index contributed by atoms with van der Waals surface area (Å²) >= 11 is 0. The maximum atomic E-state index is 4.10. The molecule has 17 heavy (non-hydrogen) atoms. The van der Waals surface area contributed by atoms with Crippen LogP contribution >= 0.6 is 0 Å². The van der Waals surface area contributed by atoms with Crippen molar-refractivity contribution in [1.29, 1.82) is 0 Å². The molecule has 0 unspecified atom stereocenters. The van der Waals surface area contributed by atoms with Gasteiger partial charge in [0.25, 0.3) is 0 Å². The maximum Gasteiger partial charge on any atom is 0.0300 e. The first-order valence-electron chi connectivity index (χ1n) is 5.85. The van der Waals surface area contributed by atoms with Crippen molar-refractivity contribution in [2.75, 3.05) is 6.54 Å². The zero-order chi connectivity index (χ0) is 11.9. The molecule has 0 saturated heterocycles. The van der Waals surface area contributed by atoms with Gasteiger partial charge in [0.1, 0.15) is 0 Å². The van der Waals surface area contributed by atoms with Crippen molar-refractivity contribution in [3.8, 4) is 0 Å². The molecular weight excluding hydrogens is 210 g/mol. The SMILES string of the molecule is Cc1cnccc1CNCCc1cccnc1. The van der Waals surface area contributed by atoms with Crippen molar-refractivity contribution < 1.29 is 0 Å². The lowest BCUT2D eigenvalue weighted by Gasteiger charge is -2.07. The summed E-state index contributed by atoms with van der Waals surface area (Å²) in [6.07, 6.45) is 8.47. The molecule has 0 saturated carbocycles. The minimum atomic E-state index is 0.897. The third-order valence-electron chi connectivity index (χ3n) is 2.77. The van der Waals surface area contributed by atoms with Gasteiger partial charge in [-0.15, -0.1) is 0 Å². The summed E-state index contributed by atoms with van der Waals surface area (Å²) in [7, 11) is 0. The van der Waals surface area contributed by atoms with Gasteiger partial charge in [0.15, 0.2) is 0 Å². The van der Waals surface area contributed by atoms with Crippen LogP contribution in [-0.4, -0.2) is 16.5 Å². The Morgan fingerprint density at radius 1 is 1.12 bits per heavy atom. The van der Waals surface area contributed by atoms with Crippen LogP contribution < -0.4 is 5.32 Å². The van der Waals surface area contributed by atoms with Crippen molar-refractivity contribution >= 4 is 0 Å². The number of pyridine rings is 2. The number of aromatic nitrogens is 2. The van der Waals surface area contributed by atoms with Crippen molar-refractivity contribution in [2.24, 2.45) is 0 Å². The average Bonchev–Trinajstić information content (AvgIpc) is 2.38. The summed E-state index contributed by atoms with van der Waals surface area (Å²) in [5, 5.41) is 3.44. The third-order valence-corrected chi connectivity index (χ3v) is 2.77. The summed E-state index contributed by atoms with van der Waals surface area (Å²) in [6, 6.07) is 6.14. The quantitative estimate of drug-likeness (QED) is 0.795. The Hall–Kier alpha value is -1.74. The molecule has 88 valence electrons. The predicted molar refractivity (Wildman–Crippen MR) is 68.6 cm³/mol. The maximum absolute atomic E-state index is 4.10. The monoisotopic (exact) mass is 227 g/mol. The van der Waals surface area contributed by atoms with E-state index in [0.29, 0.717) is 0 Å². The topological polar surface area (TPSA) is 37.8 Å². The first-order chi connectivity index (χ1) is 8.36. The lowest BCUT2D eigenvalue weighted by molar-refractivity contribution is 0.683. The molecular formula is C14H17N3. The third kappa shape index (κ3) is 3.64. The Labute approximate surface area is 102 Å². The van der Waals surface area contributed by atoms with Crippen LogP contribution in [0, 0.1) is 6.92 Å². The molecule has 2 aromatic rings. The number of hydrogen-bond acceptors (Lipinski definition) is 3. The average molecular weight is 227 g/mol. The van der Waals surface area contributed by atoms with E-state index in [1.807, 2.05) is 24.7 Å². The van der Waals surface area contributed by atoms with E-state index >= 15 is 0 Å². The fourth-order valence-corrected chi connectivity index (χ4v) is 1.70. The molecule has 3 heteroatoms. The van der Waals surface area contributed by atoms with Gasteiger partial charge in [-0.25, -0.2) is 0 Å². The van der Waals surface area contributed by atoms with Crippen molar-refractivity contribution in [3.05, 3.63) is 59.7 Å². The summed E-state index contributed by atoms with van der Waals surface area (Å²) in [5.74, 6) is 0. The Morgan fingerprint density at radius 3 is 2.76 bits per heavy atom. The molecule has 3 nitrogen and oxygen atoms in total. The molecule has 0 bridgehead atoms. The van der Waals surface area contributed by atoms with Gasteiger partial charge in [-0.1, -0.05) is 6.07 Å². The van der Waals surface area contributed by atoms with Crippen LogP contribution in [0.1, 0.15) is 16.7 Å². The number of hydrogen-bond donors (Lipinski definition) is 1. The summed E-state index contributed by atoms with van der Waals surface area (Å²) in [4.78, 5) is 8.18. The summed E-state index contributed by atoms with van der Waals surface area (Å²) < 4.78 is 0. The second-order valence-corrected chi connectivity index (χ2v) is 4.09. The number of nitrogens with zero attached hydrogens (tertiary/aromatic N) is 2.